The molecule has 1 rings (SSSR count). The van der Waals surface area contributed by atoms with Crippen molar-refractivity contribution >= 4 is 17.6 Å². The zero-order valence-electron chi connectivity index (χ0n) is 10.3. The number of phenolic OH excluding ortho intramolecular Hbond substituents is 1. The number of hydrogen-bond acceptors (Lipinski definition) is 4. The highest BCUT2D eigenvalue weighted by molar-refractivity contribution is 6.34. The Morgan fingerprint density at radius 1 is 1.24 bits per heavy atom. The van der Waals surface area contributed by atoms with Gasteiger partial charge in [0.1, 0.15) is 5.75 Å². The van der Waals surface area contributed by atoms with E-state index < -0.39 is 5.97 Å². The summed E-state index contributed by atoms with van der Waals surface area (Å²) in [6.07, 6.45) is 0. The molecule has 0 radical (unpaired) electrons. The molecule has 0 fully saturated rings. The van der Waals surface area contributed by atoms with E-state index in [9.17, 15) is 9.90 Å². The number of halogens is 1. The van der Waals surface area contributed by atoms with Crippen LogP contribution in [0.3, 0.4) is 0 Å². The van der Waals surface area contributed by atoms with E-state index in [1.165, 1.54) is 7.11 Å². The maximum atomic E-state index is 11.8. The number of methoxy groups -OCH3 is 1. The molecule has 0 aromatic heterocycles. The van der Waals surface area contributed by atoms with E-state index in [0.29, 0.717) is 16.7 Å². The van der Waals surface area contributed by atoms with Gasteiger partial charge in [0.15, 0.2) is 6.79 Å². The summed E-state index contributed by atoms with van der Waals surface area (Å²) in [5, 5.41) is 10.0. The van der Waals surface area contributed by atoms with E-state index in [1.54, 1.807) is 20.8 Å². The number of aromatic hydroxyl groups is 1. The Balaban J connectivity index is 3.29. The molecule has 0 unspecified atom stereocenters. The second-order valence-electron chi connectivity index (χ2n) is 3.75. The molecular formula is C12H15ClO4. The Hall–Kier alpha value is -1.26. The van der Waals surface area contributed by atoms with Gasteiger partial charge in [-0.1, -0.05) is 11.6 Å². The number of esters is 1. The minimum Gasteiger partial charge on any atom is -0.507 e. The molecule has 94 valence electrons. The van der Waals surface area contributed by atoms with Crippen molar-refractivity contribution in [3.8, 4) is 5.75 Å². The second-order valence-corrected chi connectivity index (χ2v) is 4.13. The van der Waals surface area contributed by atoms with Crippen molar-refractivity contribution in [2.24, 2.45) is 0 Å². The first kappa shape index (κ1) is 13.8. The molecular weight excluding hydrogens is 244 g/mol. The second kappa shape index (κ2) is 5.38. The minimum atomic E-state index is -0.555. The van der Waals surface area contributed by atoms with Crippen LogP contribution in [0.2, 0.25) is 5.02 Å². The normalized spacial score (nSPS) is 10.4. The molecule has 0 spiro atoms. The third kappa shape index (κ3) is 2.53. The molecule has 1 N–H and O–H groups in total. The molecule has 0 aliphatic rings. The summed E-state index contributed by atoms with van der Waals surface area (Å²) in [7, 11) is 1.43. The Kier molecular flexibility index (Phi) is 4.37. The van der Waals surface area contributed by atoms with Crippen molar-refractivity contribution < 1.29 is 19.4 Å². The van der Waals surface area contributed by atoms with Crippen molar-refractivity contribution in [2.45, 2.75) is 20.8 Å². The van der Waals surface area contributed by atoms with Gasteiger partial charge in [-0.05, 0) is 31.9 Å². The van der Waals surface area contributed by atoms with Crippen molar-refractivity contribution in [3.05, 3.63) is 27.3 Å². The van der Waals surface area contributed by atoms with Gasteiger partial charge >= 0.3 is 5.97 Å². The van der Waals surface area contributed by atoms with Crippen molar-refractivity contribution in [1.82, 2.24) is 0 Å². The first-order valence-corrected chi connectivity index (χ1v) is 5.43. The number of benzene rings is 1. The molecule has 0 heterocycles. The van der Waals surface area contributed by atoms with Crippen LogP contribution in [0.5, 0.6) is 5.75 Å². The quantitative estimate of drug-likeness (QED) is 0.669. The van der Waals surface area contributed by atoms with Gasteiger partial charge in [0.05, 0.1) is 10.6 Å². The van der Waals surface area contributed by atoms with Crippen LogP contribution in [0.4, 0.5) is 0 Å². The number of hydrogen-bond donors (Lipinski definition) is 1. The molecule has 0 atom stereocenters. The molecule has 0 aliphatic carbocycles. The first-order valence-electron chi connectivity index (χ1n) is 5.06. The van der Waals surface area contributed by atoms with Gasteiger partial charge in [-0.25, -0.2) is 4.79 Å². The molecule has 0 aliphatic heterocycles. The fourth-order valence-corrected chi connectivity index (χ4v) is 1.84. The van der Waals surface area contributed by atoms with E-state index >= 15 is 0 Å². The summed E-state index contributed by atoms with van der Waals surface area (Å²) in [4.78, 5) is 11.8. The minimum absolute atomic E-state index is 0.107. The van der Waals surface area contributed by atoms with Crippen LogP contribution in [-0.4, -0.2) is 25.0 Å². The van der Waals surface area contributed by atoms with Crippen LogP contribution in [0.25, 0.3) is 0 Å². The van der Waals surface area contributed by atoms with Gasteiger partial charge in [-0.2, -0.15) is 0 Å². The lowest BCUT2D eigenvalue weighted by Crippen LogP contribution is -2.11. The summed E-state index contributed by atoms with van der Waals surface area (Å²) in [6.45, 7) is 4.95. The predicted octanol–water partition coefficient (Wildman–Crippen LogP) is 2.73. The smallest absolute Gasteiger partial charge is 0.342 e. The van der Waals surface area contributed by atoms with Gasteiger partial charge in [-0.15, -0.1) is 0 Å². The standard InChI is InChI=1S/C12H15ClO4/c1-6-7(2)11(14)8(3)10(13)9(6)12(15)17-5-16-4/h14H,5H2,1-4H3. The maximum absolute atomic E-state index is 11.8. The van der Waals surface area contributed by atoms with E-state index in [4.69, 9.17) is 16.3 Å². The van der Waals surface area contributed by atoms with Crippen LogP contribution >= 0.6 is 11.6 Å². The average Bonchev–Trinajstić information content (AvgIpc) is 2.31. The number of rotatable bonds is 3. The Labute approximate surface area is 105 Å². The zero-order chi connectivity index (χ0) is 13.2. The lowest BCUT2D eigenvalue weighted by atomic mass is 9.98. The molecule has 0 saturated carbocycles. The lowest BCUT2D eigenvalue weighted by molar-refractivity contribution is -0.0125. The summed E-state index contributed by atoms with van der Waals surface area (Å²) in [6, 6.07) is 0. The maximum Gasteiger partial charge on any atom is 0.342 e. The van der Waals surface area contributed by atoms with Crippen LogP contribution < -0.4 is 0 Å². The van der Waals surface area contributed by atoms with E-state index in [2.05, 4.69) is 4.74 Å². The summed E-state index contributed by atoms with van der Waals surface area (Å²) < 4.78 is 9.52. The molecule has 1 aromatic carbocycles. The Bertz CT molecular complexity index is 425. The van der Waals surface area contributed by atoms with Crippen LogP contribution in [0, 0.1) is 20.8 Å². The van der Waals surface area contributed by atoms with Crippen molar-refractivity contribution in [1.29, 1.82) is 0 Å². The third-order valence-corrected chi connectivity index (χ3v) is 3.18. The van der Waals surface area contributed by atoms with Crippen LogP contribution in [-0.2, 0) is 9.47 Å². The monoisotopic (exact) mass is 258 g/mol. The first-order chi connectivity index (χ1) is 7.91. The number of ether oxygens (including phenoxy) is 2. The SMILES string of the molecule is COCOC(=O)c1c(C)c(C)c(O)c(C)c1Cl. The number of phenols is 1. The highest BCUT2D eigenvalue weighted by atomic mass is 35.5. The molecule has 5 heteroatoms. The Morgan fingerprint density at radius 2 is 1.82 bits per heavy atom. The van der Waals surface area contributed by atoms with Gasteiger partial charge in [-0.3, -0.25) is 0 Å². The van der Waals surface area contributed by atoms with Crippen LogP contribution in [0.1, 0.15) is 27.0 Å². The predicted molar refractivity (Wildman–Crippen MR) is 64.6 cm³/mol. The van der Waals surface area contributed by atoms with Gasteiger partial charge in [0.25, 0.3) is 0 Å². The van der Waals surface area contributed by atoms with Crippen molar-refractivity contribution in [2.75, 3.05) is 13.9 Å². The largest absolute Gasteiger partial charge is 0.507 e. The molecule has 1 aromatic rings. The molecule has 0 bridgehead atoms. The fraction of sp³-hybridized carbons (Fsp3) is 0.417. The third-order valence-electron chi connectivity index (χ3n) is 2.71. The highest BCUT2D eigenvalue weighted by Gasteiger charge is 2.21. The lowest BCUT2D eigenvalue weighted by Gasteiger charge is -2.14. The zero-order valence-corrected chi connectivity index (χ0v) is 11.0. The van der Waals surface area contributed by atoms with Crippen molar-refractivity contribution in [3.63, 3.8) is 0 Å². The fourth-order valence-electron chi connectivity index (χ4n) is 1.53. The Morgan fingerprint density at radius 3 is 2.35 bits per heavy atom. The molecule has 4 nitrogen and oxygen atoms in total. The van der Waals surface area contributed by atoms with E-state index in [-0.39, 0.29) is 23.1 Å². The number of carbonyl (C=O) groups excluding carboxylic acids is 1. The van der Waals surface area contributed by atoms with Gasteiger partial charge in [0.2, 0.25) is 0 Å². The van der Waals surface area contributed by atoms with Gasteiger partial charge < -0.3 is 14.6 Å². The molecule has 0 amide bonds. The summed E-state index contributed by atoms with van der Waals surface area (Å²) in [5.41, 5.74) is 1.98. The summed E-state index contributed by atoms with van der Waals surface area (Å²) >= 11 is 6.05. The molecule has 17 heavy (non-hydrogen) atoms. The van der Waals surface area contributed by atoms with Crippen LogP contribution in [0.15, 0.2) is 0 Å². The highest BCUT2D eigenvalue weighted by Crippen LogP contribution is 2.35. The van der Waals surface area contributed by atoms with E-state index in [1.807, 2.05) is 0 Å². The number of carbonyl (C=O) groups is 1. The topological polar surface area (TPSA) is 55.8 Å². The molecule has 0 saturated heterocycles. The summed E-state index contributed by atoms with van der Waals surface area (Å²) in [5.74, 6) is -0.448. The average molecular weight is 259 g/mol. The van der Waals surface area contributed by atoms with E-state index in [0.717, 1.165) is 0 Å². The van der Waals surface area contributed by atoms with Gasteiger partial charge in [0, 0.05) is 12.7 Å².